The second-order valence-electron chi connectivity index (χ2n) is 7.96. The van der Waals surface area contributed by atoms with Crippen molar-refractivity contribution in [3.8, 4) is 5.75 Å². The standard InChI is InChI=1S/C24H28N2O5/c1-17(27)23(26-25-20-12-8-9-13-22(20)31-24(2,3)4)21(29)14-19(28)16-30-15-18-10-6-5-7-11-18/h5-13,25H,14-16H2,1-4H3/b26-23-. The number of hydrazone groups is 1. The summed E-state index contributed by atoms with van der Waals surface area (Å²) in [6.45, 7) is 6.99. The molecule has 0 spiro atoms. The predicted molar refractivity (Wildman–Crippen MR) is 119 cm³/mol. The van der Waals surface area contributed by atoms with E-state index in [2.05, 4.69) is 10.5 Å². The summed E-state index contributed by atoms with van der Waals surface area (Å²) in [7, 11) is 0. The van der Waals surface area contributed by atoms with E-state index in [0.717, 1.165) is 5.56 Å². The Balaban J connectivity index is 1.98. The Morgan fingerprint density at radius 3 is 2.26 bits per heavy atom. The van der Waals surface area contributed by atoms with Crippen molar-refractivity contribution in [2.24, 2.45) is 5.10 Å². The van der Waals surface area contributed by atoms with E-state index in [-0.39, 0.29) is 18.9 Å². The third-order valence-corrected chi connectivity index (χ3v) is 3.92. The van der Waals surface area contributed by atoms with Gasteiger partial charge in [0.2, 0.25) is 0 Å². The Bertz CT molecular complexity index is 946. The third kappa shape index (κ3) is 8.52. The van der Waals surface area contributed by atoms with Crippen molar-refractivity contribution in [2.45, 2.75) is 46.3 Å². The fourth-order valence-electron chi connectivity index (χ4n) is 2.60. The first-order chi connectivity index (χ1) is 14.7. The Kier molecular flexibility index (Phi) is 8.63. The zero-order chi connectivity index (χ0) is 22.9. The number of hydrogen-bond donors (Lipinski definition) is 1. The highest BCUT2D eigenvalue weighted by atomic mass is 16.5. The summed E-state index contributed by atoms with van der Waals surface area (Å²) in [6, 6.07) is 16.4. The minimum atomic E-state index is -0.664. The van der Waals surface area contributed by atoms with Crippen LogP contribution in [0.3, 0.4) is 0 Å². The van der Waals surface area contributed by atoms with Gasteiger partial charge >= 0.3 is 0 Å². The van der Waals surface area contributed by atoms with E-state index in [1.54, 1.807) is 24.3 Å². The smallest absolute Gasteiger partial charge is 0.194 e. The first-order valence-corrected chi connectivity index (χ1v) is 9.95. The molecule has 0 aliphatic rings. The zero-order valence-electron chi connectivity index (χ0n) is 18.3. The fourth-order valence-corrected chi connectivity index (χ4v) is 2.60. The Morgan fingerprint density at radius 1 is 0.968 bits per heavy atom. The van der Waals surface area contributed by atoms with Gasteiger partial charge in [-0.3, -0.25) is 19.8 Å². The normalized spacial score (nSPS) is 11.7. The molecule has 0 radical (unpaired) electrons. The minimum Gasteiger partial charge on any atom is -0.486 e. The van der Waals surface area contributed by atoms with Crippen LogP contribution in [0.1, 0.15) is 39.7 Å². The van der Waals surface area contributed by atoms with Crippen LogP contribution in [0.25, 0.3) is 0 Å². The van der Waals surface area contributed by atoms with Crippen molar-refractivity contribution >= 4 is 28.7 Å². The molecule has 7 heteroatoms. The van der Waals surface area contributed by atoms with Gasteiger partial charge in [-0.05, 0) is 38.5 Å². The van der Waals surface area contributed by atoms with Gasteiger partial charge in [0.25, 0.3) is 0 Å². The van der Waals surface area contributed by atoms with Gasteiger partial charge in [0, 0.05) is 6.92 Å². The van der Waals surface area contributed by atoms with E-state index in [1.807, 2.05) is 51.1 Å². The number of nitrogens with zero attached hydrogens (tertiary/aromatic N) is 1. The number of ether oxygens (including phenoxy) is 2. The van der Waals surface area contributed by atoms with E-state index in [1.165, 1.54) is 6.92 Å². The number of benzene rings is 2. The molecule has 0 amide bonds. The Morgan fingerprint density at radius 2 is 1.61 bits per heavy atom. The van der Waals surface area contributed by atoms with E-state index in [4.69, 9.17) is 9.47 Å². The summed E-state index contributed by atoms with van der Waals surface area (Å²) in [5.74, 6) is -1.10. The summed E-state index contributed by atoms with van der Waals surface area (Å²) in [5, 5.41) is 3.96. The summed E-state index contributed by atoms with van der Waals surface area (Å²) in [4.78, 5) is 36.5. The molecule has 0 bridgehead atoms. The molecular weight excluding hydrogens is 396 g/mol. The van der Waals surface area contributed by atoms with Gasteiger partial charge in [0.15, 0.2) is 23.1 Å². The predicted octanol–water partition coefficient (Wildman–Crippen LogP) is 3.97. The summed E-state index contributed by atoms with van der Waals surface area (Å²) in [6.07, 6.45) is -0.463. The molecule has 0 saturated carbocycles. The van der Waals surface area contributed by atoms with Gasteiger partial charge in [0.05, 0.1) is 18.7 Å². The van der Waals surface area contributed by atoms with Crippen LogP contribution < -0.4 is 10.2 Å². The Labute approximate surface area is 182 Å². The van der Waals surface area contributed by atoms with Gasteiger partial charge in [-0.2, -0.15) is 5.10 Å². The highest BCUT2D eigenvalue weighted by molar-refractivity contribution is 6.66. The molecule has 2 aromatic rings. The lowest BCUT2D eigenvalue weighted by atomic mass is 10.1. The molecule has 2 aromatic carbocycles. The largest absolute Gasteiger partial charge is 0.486 e. The van der Waals surface area contributed by atoms with Crippen molar-refractivity contribution in [2.75, 3.05) is 12.0 Å². The maximum absolute atomic E-state index is 12.5. The van der Waals surface area contributed by atoms with Crippen molar-refractivity contribution < 1.29 is 23.9 Å². The number of hydrogen-bond acceptors (Lipinski definition) is 7. The van der Waals surface area contributed by atoms with Gasteiger partial charge < -0.3 is 9.47 Å². The average Bonchev–Trinajstić information content (AvgIpc) is 2.68. The summed E-state index contributed by atoms with van der Waals surface area (Å²) in [5.41, 5.74) is 3.37. The number of nitrogens with one attached hydrogen (secondary N) is 1. The molecule has 0 fully saturated rings. The number of ketones is 3. The maximum atomic E-state index is 12.5. The average molecular weight is 424 g/mol. The SMILES string of the molecule is CC(=O)/C(=N/Nc1ccccc1OC(C)(C)C)C(=O)CC(=O)COCc1ccccc1. The van der Waals surface area contributed by atoms with Crippen LogP contribution in [0.2, 0.25) is 0 Å². The molecule has 0 aromatic heterocycles. The van der Waals surface area contributed by atoms with E-state index in [9.17, 15) is 14.4 Å². The lowest BCUT2D eigenvalue weighted by Gasteiger charge is -2.22. The minimum absolute atomic E-state index is 0.221. The molecule has 0 atom stereocenters. The number of anilines is 1. The van der Waals surface area contributed by atoms with E-state index >= 15 is 0 Å². The van der Waals surface area contributed by atoms with E-state index in [0.29, 0.717) is 11.4 Å². The molecule has 0 unspecified atom stereocenters. The molecule has 0 heterocycles. The van der Waals surface area contributed by atoms with Crippen LogP contribution in [0.5, 0.6) is 5.75 Å². The number of rotatable bonds is 11. The summed E-state index contributed by atoms with van der Waals surface area (Å²) >= 11 is 0. The number of Topliss-reactive ketones (excluding diaryl/α,β-unsaturated/α-hetero) is 3. The van der Waals surface area contributed by atoms with Gasteiger partial charge in [-0.15, -0.1) is 0 Å². The summed E-state index contributed by atoms with van der Waals surface area (Å²) < 4.78 is 11.2. The highest BCUT2D eigenvalue weighted by Gasteiger charge is 2.21. The van der Waals surface area contributed by atoms with Gasteiger partial charge in [0.1, 0.15) is 18.0 Å². The van der Waals surface area contributed by atoms with Crippen molar-refractivity contribution in [3.05, 3.63) is 60.2 Å². The molecule has 0 aliphatic carbocycles. The van der Waals surface area contributed by atoms with Crippen molar-refractivity contribution in [1.82, 2.24) is 0 Å². The van der Waals surface area contributed by atoms with Crippen molar-refractivity contribution in [1.29, 1.82) is 0 Å². The van der Waals surface area contributed by atoms with Crippen LogP contribution in [-0.4, -0.2) is 35.3 Å². The molecule has 7 nitrogen and oxygen atoms in total. The van der Waals surface area contributed by atoms with Gasteiger partial charge in [-0.25, -0.2) is 0 Å². The van der Waals surface area contributed by atoms with Crippen LogP contribution in [-0.2, 0) is 25.7 Å². The van der Waals surface area contributed by atoms with Crippen LogP contribution in [0.4, 0.5) is 5.69 Å². The quantitative estimate of drug-likeness (QED) is 0.333. The molecule has 31 heavy (non-hydrogen) atoms. The lowest BCUT2D eigenvalue weighted by Crippen LogP contribution is -2.27. The second kappa shape index (κ2) is 11.2. The number of para-hydroxylation sites is 2. The number of carbonyl (C=O) groups is 3. The monoisotopic (exact) mass is 424 g/mol. The lowest BCUT2D eigenvalue weighted by molar-refractivity contribution is -0.127. The molecule has 0 aliphatic heterocycles. The van der Waals surface area contributed by atoms with Crippen LogP contribution in [0, 0.1) is 0 Å². The third-order valence-electron chi connectivity index (χ3n) is 3.92. The second-order valence-corrected chi connectivity index (χ2v) is 7.96. The van der Waals surface area contributed by atoms with Gasteiger partial charge in [-0.1, -0.05) is 42.5 Å². The first-order valence-electron chi connectivity index (χ1n) is 9.95. The fraction of sp³-hybridized carbons (Fsp3) is 0.333. The first kappa shape index (κ1) is 24.0. The molecule has 164 valence electrons. The van der Waals surface area contributed by atoms with Crippen LogP contribution in [0.15, 0.2) is 59.7 Å². The van der Waals surface area contributed by atoms with E-state index < -0.39 is 29.4 Å². The Hall–Kier alpha value is -3.32. The molecule has 2 rings (SSSR count). The highest BCUT2D eigenvalue weighted by Crippen LogP contribution is 2.27. The zero-order valence-corrected chi connectivity index (χ0v) is 18.3. The topological polar surface area (TPSA) is 94.1 Å². The molecule has 0 saturated heterocycles. The van der Waals surface area contributed by atoms with Crippen molar-refractivity contribution in [3.63, 3.8) is 0 Å². The maximum Gasteiger partial charge on any atom is 0.194 e. The van der Waals surface area contributed by atoms with Crippen LogP contribution >= 0.6 is 0 Å². The molecule has 1 N–H and O–H groups in total. The molecular formula is C24H28N2O5. The number of carbonyl (C=O) groups excluding carboxylic acids is 3.